The number of ether oxygens (including phenoxy) is 1. The van der Waals surface area contributed by atoms with Gasteiger partial charge in [-0.25, -0.2) is 4.79 Å². The van der Waals surface area contributed by atoms with Crippen LogP contribution in [-0.2, 0) is 4.79 Å². The van der Waals surface area contributed by atoms with Crippen molar-refractivity contribution in [2.24, 2.45) is 5.92 Å². The Balaban J connectivity index is 2.05. The highest BCUT2D eigenvalue weighted by atomic mass is 16.5. The van der Waals surface area contributed by atoms with Crippen LogP contribution >= 0.6 is 0 Å². The van der Waals surface area contributed by atoms with Crippen LogP contribution in [0.2, 0.25) is 0 Å². The Morgan fingerprint density at radius 3 is 2.67 bits per heavy atom. The van der Waals surface area contributed by atoms with Crippen molar-refractivity contribution in [3.05, 3.63) is 23.8 Å². The zero-order chi connectivity index (χ0) is 15.6. The van der Waals surface area contributed by atoms with Gasteiger partial charge in [0.2, 0.25) is 0 Å². The number of likely N-dealkylation sites (tertiary alicyclic amines) is 1. The molecule has 1 heterocycles. The van der Waals surface area contributed by atoms with E-state index in [1.54, 1.807) is 31.1 Å². The van der Waals surface area contributed by atoms with E-state index < -0.39 is 11.9 Å². The summed E-state index contributed by atoms with van der Waals surface area (Å²) in [5, 5.41) is 11.9. The monoisotopic (exact) mass is 292 g/mol. The van der Waals surface area contributed by atoms with Crippen LogP contribution in [0.5, 0.6) is 5.75 Å². The molecule has 1 saturated heterocycles. The molecule has 0 radical (unpaired) electrons. The van der Waals surface area contributed by atoms with Crippen LogP contribution in [0.3, 0.4) is 0 Å². The third-order valence-electron chi connectivity index (χ3n) is 3.98. The number of carboxylic acids is 1. The average Bonchev–Trinajstić information content (AvgIpc) is 2.81. The summed E-state index contributed by atoms with van der Waals surface area (Å²) in [5.74, 6) is -0.583. The zero-order valence-electron chi connectivity index (χ0n) is 12.4. The molecule has 114 valence electrons. The Kier molecular flexibility index (Phi) is 4.35. The Morgan fingerprint density at radius 2 is 2.14 bits per heavy atom. The number of hydrogen-bond acceptors (Lipinski definition) is 3. The summed E-state index contributed by atoms with van der Waals surface area (Å²) in [5.41, 5.74) is 1.59. The molecule has 0 bridgehead atoms. The summed E-state index contributed by atoms with van der Waals surface area (Å²) in [6, 6.07) is 4.81. The predicted molar refractivity (Wildman–Crippen MR) is 78.7 cm³/mol. The summed E-state index contributed by atoms with van der Waals surface area (Å²) in [7, 11) is 1.60. The minimum atomic E-state index is -0.849. The van der Waals surface area contributed by atoms with Crippen LogP contribution < -0.4 is 10.1 Å². The largest absolute Gasteiger partial charge is 0.496 e. The van der Waals surface area contributed by atoms with Gasteiger partial charge >= 0.3 is 12.0 Å². The molecule has 2 unspecified atom stereocenters. The lowest BCUT2D eigenvalue weighted by atomic mass is 10.0. The SMILES string of the molecule is COc1ccc(NC(=O)N2CCC(C(=O)O)C2C)cc1C. The fourth-order valence-electron chi connectivity index (χ4n) is 2.71. The smallest absolute Gasteiger partial charge is 0.322 e. The second-order valence-electron chi connectivity index (χ2n) is 5.28. The van der Waals surface area contributed by atoms with Crippen molar-refractivity contribution in [1.29, 1.82) is 0 Å². The van der Waals surface area contributed by atoms with Crippen LogP contribution in [0, 0.1) is 12.8 Å². The van der Waals surface area contributed by atoms with Crippen molar-refractivity contribution in [2.75, 3.05) is 19.0 Å². The zero-order valence-corrected chi connectivity index (χ0v) is 12.4. The Bertz CT molecular complexity index is 559. The Morgan fingerprint density at radius 1 is 1.43 bits per heavy atom. The maximum atomic E-state index is 12.2. The number of benzene rings is 1. The first-order valence-corrected chi connectivity index (χ1v) is 6.89. The lowest BCUT2D eigenvalue weighted by molar-refractivity contribution is -0.142. The van der Waals surface area contributed by atoms with E-state index in [1.807, 2.05) is 13.0 Å². The Labute approximate surface area is 123 Å². The number of nitrogens with zero attached hydrogens (tertiary/aromatic N) is 1. The number of aliphatic carboxylic acids is 1. The van der Waals surface area contributed by atoms with E-state index in [0.717, 1.165) is 11.3 Å². The van der Waals surface area contributed by atoms with Gasteiger partial charge in [-0.15, -0.1) is 0 Å². The summed E-state index contributed by atoms with van der Waals surface area (Å²) in [6.07, 6.45) is 0.492. The number of methoxy groups -OCH3 is 1. The lowest BCUT2D eigenvalue weighted by Crippen LogP contribution is -2.40. The van der Waals surface area contributed by atoms with Crippen LogP contribution in [0.4, 0.5) is 10.5 Å². The van der Waals surface area contributed by atoms with Gasteiger partial charge in [0.1, 0.15) is 5.75 Å². The van der Waals surface area contributed by atoms with Gasteiger partial charge in [0, 0.05) is 18.3 Å². The second kappa shape index (κ2) is 6.03. The average molecular weight is 292 g/mol. The second-order valence-corrected chi connectivity index (χ2v) is 5.28. The van der Waals surface area contributed by atoms with Crippen molar-refractivity contribution >= 4 is 17.7 Å². The van der Waals surface area contributed by atoms with Gasteiger partial charge in [-0.2, -0.15) is 0 Å². The standard InChI is InChI=1S/C15H20N2O4/c1-9-8-11(4-5-13(9)21-3)16-15(20)17-7-6-12(10(17)2)14(18)19/h4-5,8,10,12H,6-7H2,1-3H3,(H,16,20)(H,18,19). The molecule has 0 aromatic heterocycles. The van der Waals surface area contributed by atoms with Gasteiger partial charge < -0.3 is 20.1 Å². The first kappa shape index (κ1) is 15.2. The van der Waals surface area contributed by atoms with Gasteiger partial charge in [-0.05, 0) is 44.0 Å². The summed E-state index contributed by atoms with van der Waals surface area (Å²) in [4.78, 5) is 24.9. The molecule has 1 fully saturated rings. The van der Waals surface area contributed by atoms with Gasteiger partial charge in [-0.1, -0.05) is 0 Å². The molecule has 2 N–H and O–H groups in total. The van der Waals surface area contributed by atoms with Crippen molar-refractivity contribution < 1.29 is 19.4 Å². The van der Waals surface area contributed by atoms with Crippen molar-refractivity contribution in [1.82, 2.24) is 4.90 Å². The maximum Gasteiger partial charge on any atom is 0.322 e. The Hall–Kier alpha value is -2.24. The van der Waals surface area contributed by atoms with Crippen molar-refractivity contribution in [3.8, 4) is 5.75 Å². The molecule has 0 saturated carbocycles. The van der Waals surface area contributed by atoms with E-state index >= 15 is 0 Å². The van der Waals surface area contributed by atoms with Crippen LogP contribution in [-0.4, -0.2) is 41.7 Å². The molecule has 6 heteroatoms. The summed E-state index contributed by atoms with van der Waals surface area (Å²) in [6.45, 7) is 4.12. The first-order valence-electron chi connectivity index (χ1n) is 6.89. The summed E-state index contributed by atoms with van der Waals surface area (Å²) >= 11 is 0. The highest BCUT2D eigenvalue weighted by molar-refractivity contribution is 5.90. The fraction of sp³-hybridized carbons (Fsp3) is 0.467. The van der Waals surface area contributed by atoms with Crippen LogP contribution in [0.1, 0.15) is 18.9 Å². The number of urea groups is 1. The highest BCUT2D eigenvalue weighted by Gasteiger charge is 2.38. The van der Waals surface area contributed by atoms with E-state index in [-0.39, 0.29) is 12.1 Å². The number of aryl methyl sites for hydroxylation is 1. The van der Waals surface area contributed by atoms with E-state index in [4.69, 9.17) is 9.84 Å². The van der Waals surface area contributed by atoms with Crippen LogP contribution in [0.15, 0.2) is 18.2 Å². The number of carboxylic acid groups (broad SMARTS) is 1. The summed E-state index contributed by atoms with van der Waals surface area (Å²) < 4.78 is 5.17. The van der Waals surface area contributed by atoms with Crippen LogP contribution in [0.25, 0.3) is 0 Å². The number of amides is 2. The first-order chi connectivity index (χ1) is 9.93. The fourth-order valence-corrected chi connectivity index (χ4v) is 2.71. The molecular weight excluding hydrogens is 272 g/mol. The van der Waals surface area contributed by atoms with E-state index in [2.05, 4.69) is 5.32 Å². The van der Waals surface area contributed by atoms with E-state index in [1.165, 1.54) is 0 Å². The van der Waals surface area contributed by atoms with Gasteiger partial charge in [0.25, 0.3) is 0 Å². The molecule has 2 atom stereocenters. The third-order valence-corrected chi connectivity index (χ3v) is 3.98. The van der Waals surface area contributed by atoms with Crippen molar-refractivity contribution in [3.63, 3.8) is 0 Å². The molecule has 6 nitrogen and oxygen atoms in total. The van der Waals surface area contributed by atoms with Gasteiger partial charge in [0.05, 0.1) is 13.0 Å². The van der Waals surface area contributed by atoms with E-state index in [0.29, 0.717) is 18.7 Å². The molecule has 1 aliphatic rings. The molecule has 0 spiro atoms. The molecule has 2 rings (SSSR count). The third kappa shape index (κ3) is 3.09. The normalized spacial score (nSPS) is 21.2. The molecule has 2 amide bonds. The molecular formula is C15H20N2O4. The number of nitrogens with one attached hydrogen (secondary N) is 1. The lowest BCUT2D eigenvalue weighted by Gasteiger charge is -2.23. The highest BCUT2D eigenvalue weighted by Crippen LogP contribution is 2.26. The van der Waals surface area contributed by atoms with Gasteiger partial charge in [0.15, 0.2) is 0 Å². The van der Waals surface area contributed by atoms with E-state index in [9.17, 15) is 9.59 Å². The van der Waals surface area contributed by atoms with Crippen molar-refractivity contribution in [2.45, 2.75) is 26.3 Å². The van der Waals surface area contributed by atoms with Gasteiger partial charge in [-0.3, -0.25) is 4.79 Å². The predicted octanol–water partition coefficient (Wildman–Crippen LogP) is 2.33. The molecule has 1 aromatic rings. The number of hydrogen-bond donors (Lipinski definition) is 2. The minimum absolute atomic E-state index is 0.268. The quantitative estimate of drug-likeness (QED) is 0.896. The molecule has 0 aliphatic carbocycles. The molecule has 1 aliphatic heterocycles. The minimum Gasteiger partial charge on any atom is -0.496 e. The molecule has 1 aromatic carbocycles. The topological polar surface area (TPSA) is 78.9 Å². The number of anilines is 1. The maximum absolute atomic E-state index is 12.2. The number of rotatable bonds is 3. The number of carbonyl (C=O) groups is 2. The molecule has 21 heavy (non-hydrogen) atoms. The number of carbonyl (C=O) groups excluding carboxylic acids is 1.